The van der Waals surface area contributed by atoms with Crippen LogP contribution in [0.3, 0.4) is 0 Å². The molecule has 5 heterocycles. The van der Waals surface area contributed by atoms with E-state index in [0.717, 1.165) is 48.1 Å². The number of likely N-dealkylation sites (N-methyl/N-ethyl adjacent to an activating group) is 1. The van der Waals surface area contributed by atoms with Gasteiger partial charge in [-0.2, -0.15) is 28.4 Å². The topological polar surface area (TPSA) is 112 Å². The van der Waals surface area contributed by atoms with Crippen molar-refractivity contribution in [3.8, 4) is 23.2 Å². The van der Waals surface area contributed by atoms with E-state index in [4.69, 9.17) is 10.5 Å². The molecular weight excluding hydrogens is 684 g/mol. The van der Waals surface area contributed by atoms with Gasteiger partial charge in [0.1, 0.15) is 41.7 Å². The molecule has 50 heavy (non-hydrogen) atoms. The first-order chi connectivity index (χ1) is 23.7. The Labute approximate surface area is 286 Å². The van der Waals surface area contributed by atoms with E-state index in [9.17, 15) is 32.0 Å². The lowest BCUT2D eigenvalue weighted by Crippen LogP contribution is -2.43. The number of aromatic nitrogens is 2. The summed E-state index contributed by atoms with van der Waals surface area (Å²) < 4.78 is 95.8. The van der Waals surface area contributed by atoms with Gasteiger partial charge in [0.05, 0.1) is 39.5 Å². The van der Waals surface area contributed by atoms with Crippen LogP contribution in [-0.2, 0) is 11.0 Å². The molecule has 4 atom stereocenters. The number of halogens is 6. The van der Waals surface area contributed by atoms with E-state index in [2.05, 4.69) is 16.5 Å². The number of likely N-dealkylation sites (tertiary alicyclic amines) is 1. The summed E-state index contributed by atoms with van der Waals surface area (Å²) in [6, 6.07) is 4.84. The van der Waals surface area contributed by atoms with Crippen molar-refractivity contribution in [2.75, 3.05) is 50.5 Å². The molecule has 16 heteroatoms. The van der Waals surface area contributed by atoms with E-state index in [-0.39, 0.29) is 81.6 Å². The van der Waals surface area contributed by atoms with E-state index < -0.39 is 53.0 Å². The third-order valence-corrected chi connectivity index (χ3v) is 11.1. The summed E-state index contributed by atoms with van der Waals surface area (Å²) in [6.07, 6.45) is -4.75. The number of thiophene rings is 1. The lowest BCUT2D eigenvalue weighted by atomic mass is 9.93. The molecule has 3 saturated heterocycles. The number of benzene rings is 2. The molecule has 9 nitrogen and oxygen atoms in total. The van der Waals surface area contributed by atoms with Crippen molar-refractivity contribution in [2.45, 2.75) is 49.4 Å². The molecule has 3 aliphatic rings. The first-order valence-electron chi connectivity index (χ1n) is 15.9. The molecule has 2 aromatic heterocycles. The minimum atomic E-state index is -4.96. The highest BCUT2D eigenvalue weighted by molar-refractivity contribution is 7.23. The fourth-order valence-electron chi connectivity index (χ4n) is 7.68. The van der Waals surface area contributed by atoms with Gasteiger partial charge in [-0.3, -0.25) is 9.69 Å². The Morgan fingerprint density at radius 1 is 1.24 bits per heavy atom. The monoisotopic (exact) mass is 715 g/mol. The van der Waals surface area contributed by atoms with Crippen molar-refractivity contribution in [1.82, 2.24) is 19.8 Å². The van der Waals surface area contributed by atoms with Crippen molar-refractivity contribution >= 4 is 49.1 Å². The Kier molecular flexibility index (Phi) is 8.33. The molecule has 0 saturated carbocycles. The van der Waals surface area contributed by atoms with Crippen LogP contribution in [0.1, 0.15) is 30.4 Å². The number of hydrogen-bond acceptors (Lipinski definition) is 9. The molecule has 0 aliphatic carbocycles. The fraction of sp³-hybridized carbons (Fsp3) is 0.412. The minimum absolute atomic E-state index is 0.0120. The van der Waals surface area contributed by atoms with E-state index >= 15 is 4.39 Å². The Bertz CT molecular complexity index is 2080. The van der Waals surface area contributed by atoms with Crippen LogP contribution in [0, 0.1) is 17.1 Å². The van der Waals surface area contributed by atoms with Gasteiger partial charge in [0.2, 0.25) is 5.91 Å². The molecule has 0 unspecified atom stereocenters. The Morgan fingerprint density at radius 2 is 2.02 bits per heavy atom. The van der Waals surface area contributed by atoms with Gasteiger partial charge in [0.15, 0.2) is 0 Å². The summed E-state index contributed by atoms with van der Waals surface area (Å²) in [4.78, 5) is 25.9. The summed E-state index contributed by atoms with van der Waals surface area (Å²) in [6.45, 7) is 4.09. The smallest absolute Gasteiger partial charge is 0.417 e. The maximum atomic E-state index is 15.5. The molecule has 3 aliphatic heterocycles. The second kappa shape index (κ2) is 12.3. The van der Waals surface area contributed by atoms with E-state index in [1.165, 1.54) is 16.8 Å². The molecule has 4 aromatic rings. The highest BCUT2D eigenvalue weighted by Crippen LogP contribution is 2.47. The molecular formula is C34H31F6N7O2S. The number of rotatable bonds is 7. The van der Waals surface area contributed by atoms with Crippen LogP contribution >= 0.6 is 11.3 Å². The predicted octanol–water partition coefficient (Wildman–Crippen LogP) is 6.25. The molecule has 262 valence electrons. The fourth-order valence-corrected chi connectivity index (χ4v) is 8.63. The van der Waals surface area contributed by atoms with Crippen LogP contribution in [0.25, 0.3) is 32.1 Å². The number of amides is 1. The Balaban J connectivity index is 1.41. The van der Waals surface area contributed by atoms with Gasteiger partial charge in [0.25, 0.3) is 0 Å². The number of alkyl halides is 5. The summed E-state index contributed by atoms with van der Waals surface area (Å²) in [5.41, 5.74) is 3.60. The van der Waals surface area contributed by atoms with Crippen LogP contribution < -0.4 is 15.4 Å². The number of hydrogen-bond donors (Lipinski definition) is 1. The Hall–Kier alpha value is -4.62. The van der Waals surface area contributed by atoms with Crippen LogP contribution in [0.5, 0.6) is 6.01 Å². The number of nitrogens with two attached hydrogens (primary N) is 1. The predicted molar refractivity (Wildman–Crippen MR) is 177 cm³/mol. The van der Waals surface area contributed by atoms with Crippen molar-refractivity contribution in [1.29, 1.82) is 5.26 Å². The first kappa shape index (κ1) is 33.9. The molecule has 2 aromatic carbocycles. The highest BCUT2D eigenvalue weighted by atomic mass is 32.1. The van der Waals surface area contributed by atoms with E-state index in [0.29, 0.717) is 13.0 Å². The average molecular weight is 716 g/mol. The zero-order chi connectivity index (χ0) is 35.7. The molecule has 7 rings (SSSR count). The number of ether oxygens (including phenoxy) is 1. The first-order valence-corrected chi connectivity index (χ1v) is 16.7. The summed E-state index contributed by atoms with van der Waals surface area (Å²) in [5, 5.41) is 9.62. The minimum Gasteiger partial charge on any atom is -0.461 e. The second-order valence-electron chi connectivity index (χ2n) is 13.0. The molecule has 0 bridgehead atoms. The standard InChI is InChI=1S/C34H31F6N7O2S/c1-3-27(48)46-14-24(37)26(15-46)45(2)31-20-9-22(34(38,39)40)19(18-5-6-23(36)29-28(18)21(12-41)30(42)50-29)10-25(20)43-32(44-31)49-16-33-7-4-8-47(33)13-17(35)11-33/h3,5-6,9-10,17,24,26H,1,4,7-8,11,13-16,42H2,2H3/t17-,24+,26+,33+/m1/s1. The van der Waals surface area contributed by atoms with Crippen molar-refractivity contribution in [3.63, 3.8) is 0 Å². The van der Waals surface area contributed by atoms with Gasteiger partial charge in [-0.05, 0) is 54.8 Å². The van der Waals surface area contributed by atoms with Gasteiger partial charge in [-0.25, -0.2) is 13.2 Å². The van der Waals surface area contributed by atoms with Crippen LogP contribution in [0.4, 0.5) is 37.2 Å². The Morgan fingerprint density at radius 3 is 2.74 bits per heavy atom. The third-order valence-electron chi connectivity index (χ3n) is 10.1. The van der Waals surface area contributed by atoms with Crippen LogP contribution in [0.15, 0.2) is 36.9 Å². The molecule has 2 N–H and O–H groups in total. The van der Waals surface area contributed by atoms with Gasteiger partial charge >= 0.3 is 12.2 Å². The summed E-state index contributed by atoms with van der Waals surface area (Å²) >= 11 is 0.755. The number of nitriles is 1. The molecule has 0 spiro atoms. The molecule has 1 amide bonds. The number of carbonyl (C=O) groups excluding carboxylic acids is 1. The van der Waals surface area contributed by atoms with Gasteiger partial charge in [0, 0.05) is 37.3 Å². The lowest BCUT2D eigenvalue weighted by molar-refractivity contribution is -0.137. The van der Waals surface area contributed by atoms with Crippen LogP contribution in [-0.4, -0.2) is 89.4 Å². The zero-order valence-electron chi connectivity index (χ0n) is 26.7. The van der Waals surface area contributed by atoms with Gasteiger partial charge in [-0.15, -0.1) is 11.3 Å². The van der Waals surface area contributed by atoms with Crippen molar-refractivity contribution in [2.24, 2.45) is 0 Å². The van der Waals surface area contributed by atoms with Crippen molar-refractivity contribution < 1.29 is 35.9 Å². The summed E-state index contributed by atoms with van der Waals surface area (Å²) in [5.74, 6) is -1.33. The third kappa shape index (κ3) is 5.56. The van der Waals surface area contributed by atoms with E-state index in [1.807, 2.05) is 11.0 Å². The second-order valence-corrected chi connectivity index (χ2v) is 14.1. The molecule has 3 fully saturated rings. The molecule has 0 radical (unpaired) electrons. The average Bonchev–Trinajstić information content (AvgIpc) is 3.82. The maximum Gasteiger partial charge on any atom is 0.417 e. The normalized spacial score (nSPS) is 23.8. The SMILES string of the molecule is C=CC(=O)N1C[C@H](F)[C@@H](N(C)c2nc(OC[C@@]34CCCN3C[C@H](F)C4)nc3cc(-c4ccc(F)c5sc(N)c(C#N)c45)c(C(F)(F)F)cc23)C1. The number of fused-ring (bicyclic) bond motifs is 3. The van der Waals surface area contributed by atoms with Crippen molar-refractivity contribution in [3.05, 3.63) is 53.9 Å². The zero-order valence-corrected chi connectivity index (χ0v) is 27.6. The number of anilines is 2. The van der Waals surface area contributed by atoms with Gasteiger partial charge < -0.3 is 20.3 Å². The van der Waals surface area contributed by atoms with Gasteiger partial charge in [-0.1, -0.05) is 12.6 Å². The number of nitrogens with zero attached hydrogens (tertiary/aromatic N) is 6. The largest absolute Gasteiger partial charge is 0.461 e. The highest BCUT2D eigenvalue weighted by Gasteiger charge is 2.49. The quantitative estimate of drug-likeness (QED) is 0.177. The lowest BCUT2D eigenvalue weighted by Gasteiger charge is -2.31. The number of nitrogen functional groups attached to an aromatic ring is 1. The van der Waals surface area contributed by atoms with E-state index in [1.54, 1.807) is 0 Å². The maximum absolute atomic E-state index is 15.5. The number of carbonyl (C=O) groups is 1. The summed E-state index contributed by atoms with van der Waals surface area (Å²) in [7, 11) is 1.46. The van der Waals surface area contributed by atoms with Crippen LogP contribution in [0.2, 0.25) is 0 Å².